The average Bonchev–Trinajstić information content (AvgIpc) is 3.45. The van der Waals surface area contributed by atoms with E-state index in [0.29, 0.717) is 31.6 Å². The SMILES string of the molecule is O=C1O[C@@H](Cn2ccnn2)CN1c1cc(F)c(C2=CCN(Cc3ccccc3)CC2)c(F)c1. The van der Waals surface area contributed by atoms with Crippen LogP contribution in [0.2, 0.25) is 0 Å². The maximum absolute atomic E-state index is 15.0. The Bertz CT molecular complexity index is 1140. The lowest BCUT2D eigenvalue weighted by Crippen LogP contribution is -2.28. The summed E-state index contributed by atoms with van der Waals surface area (Å²) in [6, 6.07) is 12.5. The lowest BCUT2D eigenvalue weighted by Gasteiger charge is -2.27. The maximum Gasteiger partial charge on any atom is 0.414 e. The third-order valence-electron chi connectivity index (χ3n) is 5.94. The third kappa shape index (κ3) is 4.63. The van der Waals surface area contributed by atoms with Crippen LogP contribution in [0.3, 0.4) is 0 Å². The molecule has 1 saturated heterocycles. The van der Waals surface area contributed by atoms with Gasteiger partial charge in [0.25, 0.3) is 0 Å². The Balaban J connectivity index is 1.28. The van der Waals surface area contributed by atoms with Gasteiger partial charge in [0.1, 0.15) is 17.7 Å². The van der Waals surface area contributed by atoms with Gasteiger partial charge in [0.15, 0.2) is 0 Å². The summed E-state index contributed by atoms with van der Waals surface area (Å²) in [6.07, 6.45) is 4.49. The predicted molar refractivity (Wildman–Crippen MR) is 118 cm³/mol. The Hall–Kier alpha value is -3.59. The van der Waals surface area contributed by atoms with E-state index in [0.717, 1.165) is 6.54 Å². The zero-order valence-corrected chi connectivity index (χ0v) is 17.9. The second kappa shape index (κ2) is 9.11. The van der Waals surface area contributed by atoms with E-state index in [1.54, 1.807) is 10.9 Å². The summed E-state index contributed by atoms with van der Waals surface area (Å²) < 4.78 is 36.9. The maximum atomic E-state index is 15.0. The minimum Gasteiger partial charge on any atom is -0.442 e. The topological polar surface area (TPSA) is 63.5 Å². The lowest BCUT2D eigenvalue weighted by atomic mass is 9.97. The number of rotatable bonds is 6. The van der Waals surface area contributed by atoms with Gasteiger partial charge in [0.05, 0.1) is 25.0 Å². The molecular formula is C24H23F2N5O2. The molecule has 2 aliphatic heterocycles. The van der Waals surface area contributed by atoms with Crippen LogP contribution in [-0.4, -0.2) is 51.7 Å². The molecule has 2 aliphatic rings. The highest BCUT2D eigenvalue weighted by Crippen LogP contribution is 2.32. The molecule has 0 spiro atoms. The first-order chi connectivity index (χ1) is 16.1. The number of benzene rings is 2. The Morgan fingerprint density at radius 2 is 1.91 bits per heavy atom. The smallest absolute Gasteiger partial charge is 0.414 e. The second-order valence-electron chi connectivity index (χ2n) is 8.23. The highest BCUT2D eigenvalue weighted by molar-refractivity contribution is 5.90. The largest absolute Gasteiger partial charge is 0.442 e. The Morgan fingerprint density at radius 1 is 1.12 bits per heavy atom. The fourth-order valence-corrected chi connectivity index (χ4v) is 4.31. The highest BCUT2D eigenvalue weighted by Gasteiger charge is 2.34. The fraction of sp³-hybridized carbons (Fsp3) is 0.292. The van der Waals surface area contributed by atoms with Gasteiger partial charge in [0, 0.05) is 31.4 Å². The molecule has 0 radical (unpaired) electrons. The van der Waals surface area contributed by atoms with Gasteiger partial charge in [-0.25, -0.2) is 18.3 Å². The molecule has 0 N–H and O–H groups in total. The molecule has 0 bridgehead atoms. The van der Waals surface area contributed by atoms with Crippen molar-refractivity contribution >= 4 is 17.4 Å². The number of anilines is 1. The number of carbonyl (C=O) groups is 1. The number of nitrogens with zero attached hydrogens (tertiary/aromatic N) is 5. The van der Waals surface area contributed by atoms with Crippen LogP contribution in [0.5, 0.6) is 0 Å². The van der Waals surface area contributed by atoms with Gasteiger partial charge in [-0.1, -0.05) is 41.6 Å². The lowest BCUT2D eigenvalue weighted by molar-refractivity contribution is 0.129. The van der Waals surface area contributed by atoms with Crippen LogP contribution in [0.1, 0.15) is 17.5 Å². The summed E-state index contributed by atoms with van der Waals surface area (Å²) in [5, 5.41) is 7.56. The minimum atomic E-state index is -0.680. The van der Waals surface area contributed by atoms with Crippen LogP contribution in [0.25, 0.3) is 5.57 Å². The van der Waals surface area contributed by atoms with Crippen molar-refractivity contribution in [3.63, 3.8) is 0 Å². The Labute approximate surface area is 189 Å². The van der Waals surface area contributed by atoms with E-state index < -0.39 is 23.8 Å². The van der Waals surface area contributed by atoms with Gasteiger partial charge in [0.2, 0.25) is 0 Å². The molecule has 3 heterocycles. The Kier molecular flexibility index (Phi) is 5.87. The van der Waals surface area contributed by atoms with Gasteiger partial charge in [-0.15, -0.1) is 5.10 Å². The molecule has 9 heteroatoms. The van der Waals surface area contributed by atoms with Crippen molar-refractivity contribution in [3.8, 4) is 0 Å². The van der Waals surface area contributed by atoms with E-state index >= 15 is 8.78 Å². The molecular weight excluding hydrogens is 428 g/mol. The number of amides is 1. The van der Waals surface area contributed by atoms with Crippen molar-refractivity contribution in [3.05, 3.63) is 83.7 Å². The third-order valence-corrected chi connectivity index (χ3v) is 5.94. The molecule has 1 aromatic heterocycles. The molecule has 7 nitrogen and oxygen atoms in total. The first-order valence-electron chi connectivity index (χ1n) is 10.8. The predicted octanol–water partition coefficient (Wildman–Crippen LogP) is 3.87. The normalized spacial score (nSPS) is 19.0. The van der Waals surface area contributed by atoms with Gasteiger partial charge in [-0.2, -0.15) is 0 Å². The van der Waals surface area contributed by atoms with Crippen LogP contribution in [0.15, 0.2) is 60.9 Å². The number of ether oxygens (including phenoxy) is 1. The molecule has 3 aromatic rings. The monoisotopic (exact) mass is 451 g/mol. The number of aromatic nitrogens is 3. The van der Waals surface area contributed by atoms with Crippen LogP contribution < -0.4 is 4.90 Å². The van der Waals surface area contributed by atoms with Gasteiger partial charge < -0.3 is 4.74 Å². The molecule has 1 atom stereocenters. The average molecular weight is 451 g/mol. The van der Waals surface area contributed by atoms with E-state index in [9.17, 15) is 4.79 Å². The molecule has 0 unspecified atom stereocenters. The van der Waals surface area contributed by atoms with Gasteiger partial charge >= 0.3 is 6.09 Å². The van der Waals surface area contributed by atoms with E-state index in [4.69, 9.17) is 4.74 Å². The summed E-state index contributed by atoms with van der Waals surface area (Å²) >= 11 is 0. The molecule has 0 saturated carbocycles. The van der Waals surface area contributed by atoms with Crippen molar-refractivity contribution in [1.29, 1.82) is 0 Å². The van der Waals surface area contributed by atoms with Crippen molar-refractivity contribution in [2.75, 3.05) is 24.5 Å². The highest BCUT2D eigenvalue weighted by atomic mass is 19.1. The zero-order chi connectivity index (χ0) is 22.8. The molecule has 2 aromatic carbocycles. The number of hydrogen-bond acceptors (Lipinski definition) is 5. The number of hydrogen-bond donors (Lipinski definition) is 0. The first kappa shape index (κ1) is 21.3. The summed E-state index contributed by atoms with van der Waals surface area (Å²) in [6.45, 7) is 2.62. The van der Waals surface area contributed by atoms with E-state index in [-0.39, 0.29) is 17.8 Å². The first-order valence-corrected chi connectivity index (χ1v) is 10.8. The van der Waals surface area contributed by atoms with Gasteiger partial charge in [-0.05, 0) is 29.7 Å². The number of carbonyl (C=O) groups excluding carboxylic acids is 1. The van der Waals surface area contributed by atoms with Crippen molar-refractivity contribution in [1.82, 2.24) is 19.9 Å². The minimum absolute atomic E-state index is 0.0233. The molecule has 5 rings (SSSR count). The second-order valence-corrected chi connectivity index (χ2v) is 8.23. The number of cyclic esters (lactones) is 1. The van der Waals surface area contributed by atoms with Crippen LogP contribution >= 0.6 is 0 Å². The quantitative estimate of drug-likeness (QED) is 0.569. The van der Waals surface area contributed by atoms with Crippen molar-refractivity contribution in [2.45, 2.75) is 25.6 Å². The zero-order valence-electron chi connectivity index (χ0n) is 17.9. The fourth-order valence-electron chi connectivity index (χ4n) is 4.31. The summed E-state index contributed by atoms with van der Waals surface area (Å²) in [5.74, 6) is -1.36. The van der Waals surface area contributed by atoms with Crippen molar-refractivity contribution in [2.24, 2.45) is 0 Å². The molecule has 33 heavy (non-hydrogen) atoms. The Morgan fingerprint density at radius 3 is 2.58 bits per heavy atom. The van der Waals surface area contributed by atoms with E-state index in [2.05, 4.69) is 27.3 Å². The van der Waals surface area contributed by atoms with Crippen LogP contribution in [0.4, 0.5) is 19.3 Å². The standard InChI is InChI=1S/C24H23F2N5O2/c25-21-12-19(31-16-20(33-24(31)32)15-30-11-8-27-28-30)13-22(26)23(21)18-6-9-29(10-7-18)14-17-4-2-1-3-5-17/h1-6,8,11-13,20H,7,9-10,14-16H2/t20-/m0/s1. The van der Waals surface area contributed by atoms with Crippen LogP contribution in [-0.2, 0) is 17.8 Å². The molecule has 170 valence electrons. The molecule has 0 aliphatic carbocycles. The van der Waals surface area contributed by atoms with Crippen LogP contribution in [0, 0.1) is 11.6 Å². The van der Waals surface area contributed by atoms with E-state index in [1.807, 2.05) is 24.3 Å². The summed E-state index contributed by atoms with van der Waals surface area (Å²) in [7, 11) is 0. The summed E-state index contributed by atoms with van der Waals surface area (Å²) in [5.41, 5.74) is 1.97. The number of halogens is 2. The molecule has 1 amide bonds. The van der Waals surface area contributed by atoms with E-state index in [1.165, 1.54) is 28.8 Å². The van der Waals surface area contributed by atoms with Gasteiger partial charge in [-0.3, -0.25) is 9.80 Å². The summed E-state index contributed by atoms with van der Waals surface area (Å²) in [4.78, 5) is 15.8. The molecule has 1 fully saturated rings. The van der Waals surface area contributed by atoms with Crippen molar-refractivity contribution < 1.29 is 18.3 Å².